The molecule has 2 N–H and O–H groups in total. The van der Waals surface area contributed by atoms with Crippen molar-refractivity contribution in [3.05, 3.63) is 82.9 Å². The van der Waals surface area contributed by atoms with Crippen LogP contribution in [0.2, 0.25) is 5.02 Å². The standard InChI is InChI=1S/C25H26ClN3OS/c1-17-8-11-20(15-23(17)26)29-24(31)28-16-27-19-6-5-7-22(14-19)30-21-12-9-18(10-13-21)25(2,3)4/h5-16H,1-4H3,(H2,27,28,29,31). The first-order valence-corrected chi connectivity index (χ1v) is 10.7. The molecule has 0 aliphatic heterocycles. The lowest BCUT2D eigenvalue weighted by molar-refractivity contribution is 0.481. The van der Waals surface area contributed by atoms with Gasteiger partial charge in [-0.2, -0.15) is 0 Å². The Balaban J connectivity index is 1.57. The number of halogens is 1. The predicted octanol–water partition coefficient (Wildman–Crippen LogP) is 7.58. The van der Waals surface area contributed by atoms with Gasteiger partial charge in [0.1, 0.15) is 11.5 Å². The van der Waals surface area contributed by atoms with Gasteiger partial charge >= 0.3 is 0 Å². The minimum atomic E-state index is 0.114. The van der Waals surface area contributed by atoms with Crippen LogP contribution in [-0.4, -0.2) is 11.5 Å². The number of hydrogen-bond donors (Lipinski definition) is 2. The number of benzene rings is 3. The Hall–Kier alpha value is -2.89. The van der Waals surface area contributed by atoms with Gasteiger partial charge in [-0.3, -0.25) is 0 Å². The van der Waals surface area contributed by atoms with Crippen LogP contribution in [0, 0.1) is 6.92 Å². The maximum absolute atomic E-state index is 6.14. The van der Waals surface area contributed by atoms with Crippen molar-refractivity contribution in [3.8, 4) is 11.5 Å². The molecule has 0 bridgehead atoms. The molecule has 0 aromatic heterocycles. The highest BCUT2D eigenvalue weighted by molar-refractivity contribution is 7.80. The van der Waals surface area contributed by atoms with Crippen LogP contribution < -0.4 is 15.4 Å². The van der Waals surface area contributed by atoms with E-state index in [2.05, 4.69) is 48.5 Å². The van der Waals surface area contributed by atoms with E-state index in [0.717, 1.165) is 28.4 Å². The average Bonchev–Trinajstić information content (AvgIpc) is 2.71. The first-order chi connectivity index (χ1) is 14.7. The summed E-state index contributed by atoms with van der Waals surface area (Å²) in [5.74, 6) is 1.53. The summed E-state index contributed by atoms with van der Waals surface area (Å²) in [6.45, 7) is 8.52. The zero-order valence-corrected chi connectivity index (χ0v) is 19.6. The van der Waals surface area contributed by atoms with E-state index in [4.69, 9.17) is 28.6 Å². The smallest absolute Gasteiger partial charge is 0.198 e. The lowest BCUT2D eigenvalue weighted by Crippen LogP contribution is -2.10. The predicted molar refractivity (Wildman–Crippen MR) is 136 cm³/mol. The summed E-state index contributed by atoms with van der Waals surface area (Å²) in [6, 6.07) is 21.5. The number of thiocarbonyl (C=S) groups is 1. The molecule has 4 nitrogen and oxygen atoms in total. The molecular formula is C25H26ClN3OS. The van der Waals surface area contributed by atoms with Crippen LogP contribution in [0.1, 0.15) is 31.9 Å². The Labute approximate surface area is 194 Å². The Morgan fingerprint density at radius 2 is 1.71 bits per heavy atom. The number of aryl methyl sites for hydroxylation is 1. The number of anilines is 2. The Bertz CT molecular complexity index is 1090. The maximum Gasteiger partial charge on any atom is 0.198 e. The normalized spacial score (nSPS) is 11.4. The van der Waals surface area contributed by atoms with Gasteiger partial charge in [-0.15, -0.1) is 0 Å². The van der Waals surface area contributed by atoms with E-state index >= 15 is 0 Å². The molecule has 0 heterocycles. The highest BCUT2D eigenvalue weighted by Gasteiger charge is 2.13. The van der Waals surface area contributed by atoms with Crippen molar-refractivity contribution in [3.63, 3.8) is 0 Å². The molecule has 0 fully saturated rings. The van der Waals surface area contributed by atoms with Crippen molar-refractivity contribution >= 4 is 46.6 Å². The van der Waals surface area contributed by atoms with Crippen molar-refractivity contribution in [2.24, 2.45) is 4.99 Å². The minimum absolute atomic E-state index is 0.114. The third-order valence-electron chi connectivity index (χ3n) is 4.63. The molecule has 160 valence electrons. The van der Waals surface area contributed by atoms with Crippen LogP contribution in [0.25, 0.3) is 0 Å². The number of hydrogen-bond acceptors (Lipinski definition) is 2. The first kappa shape index (κ1) is 22.8. The van der Waals surface area contributed by atoms with E-state index in [1.165, 1.54) is 5.56 Å². The fourth-order valence-electron chi connectivity index (χ4n) is 2.80. The summed E-state index contributed by atoms with van der Waals surface area (Å²) >= 11 is 11.4. The fraction of sp³-hybridized carbons (Fsp3) is 0.200. The van der Waals surface area contributed by atoms with E-state index in [9.17, 15) is 0 Å². The Morgan fingerprint density at radius 1 is 0.968 bits per heavy atom. The zero-order valence-electron chi connectivity index (χ0n) is 18.1. The number of aliphatic imine (C=N–C) groups is 1. The second-order valence-electron chi connectivity index (χ2n) is 8.20. The summed E-state index contributed by atoms with van der Waals surface area (Å²) in [4.78, 5) is 4.21. The molecule has 0 unspecified atom stereocenters. The van der Waals surface area contributed by atoms with Crippen molar-refractivity contribution in [1.29, 1.82) is 0 Å². The van der Waals surface area contributed by atoms with Gasteiger partial charge in [0, 0.05) is 22.5 Å². The van der Waals surface area contributed by atoms with Crippen LogP contribution in [0.4, 0.5) is 11.4 Å². The van der Waals surface area contributed by atoms with Gasteiger partial charge in [0.05, 0.1) is 6.34 Å². The zero-order chi connectivity index (χ0) is 22.4. The summed E-state index contributed by atoms with van der Waals surface area (Å²) in [6.07, 6.45) is 1.54. The lowest BCUT2D eigenvalue weighted by atomic mass is 9.87. The van der Waals surface area contributed by atoms with Crippen LogP contribution in [-0.2, 0) is 5.41 Å². The van der Waals surface area contributed by atoms with Gasteiger partial charge in [0.25, 0.3) is 0 Å². The molecule has 0 aliphatic carbocycles. The molecule has 0 saturated heterocycles. The molecule has 3 aromatic carbocycles. The number of nitrogens with zero attached hydrogens (tertiary/aromatic N) is 1. The van der Waals surface area contributed by atoms with Crippen molar-refractivity contribution in [2.45, 2.75) is 33.1 Å². The van der Waals surface area contributed by atoms with Gasteiger partial charge < -0.3 is 15.4 Å². The molecule has 0 atom stereocenters. The van der Waals surface area contributed by atoms with E-state index in [0.29, 0.717) is 10.1 Å². The molecule has 0 saturated carbocycles. The van der Waals surface area contributed by atoms with Crippen LogP contribution in [0.5, 0.6) is 11.5 Å². The van der Waals surface area contributed by atoms with Crippen LogP contribution in [0.3, 0.4) is 0 Å². The van der Waals surface area contributed by atoms with E-state index in [-0.39, 0.29) is 5.41 Å². The topological polar surface area (TPSA) is 45.7 Å². The van der Waals surface area contributed by atoms with Crippen molar-refractivity contribution in [2.75, 3.05) is 10.6 Å². The SMILES string of the molecule is Cc1ccc(NC(=S)N=CNc2cccc(Oc3ccc(C(C)(C)C)cc3)c2)cc1Cl. The summed E-state index contributed by atoms with van der Waals surface area (Å²) in [7, 11) is 0. The van der Waals surface area contributed by atoms with E-state index in [1.54, 1.807) is 6.34 Å². The third kappa shape index (κ3) is 6.81. The fourth-order valence-corrected chi connectivity index (χ4v) is 3.15. The molecule has 0 aliphatic rings. The summed E-state index contributed by atoms with van der Waals surface area (Å²) in [5.41, 5.74) is 4.03. The molecule has 3 rings (SSSR count). The second-order valence-corrected chi connectivity index (χ2v) is 8.99. The molecule has 31 heavy (non-hydrogen) atoms. The van der Waals surface area contributed by atoms with Crippen molar-refractivity contribution in [1.82, 2.24) is 0 Å². The van der Waals surface area contributed by atoms with Crippen LogP contribution in [0.15, 0.2) is 71.7 Å². The maximum atomic E-state index is 6.14. The first-order valence-electron chi connectivity index (χ1n) is 9.95. The van der Waals surface area contributed by atoms with E-state index in [1.807, 2.05) is 61.5 Å². The van der Waals surface area contributed by atoms with Gasteiger partial charge in [0.15, 0.2) is 5.11 Å². The average molecular weight is 452 g/mol. The molecular weight excluding hydrogens is 426 g/mol. The Morgan fingerprint density at radius 3 is 2.39 bits per heavy atom. The van der Waals surface area contributed by atoms with Gasteiger partial charge in [-0.25, -0.2) is 4.99 Å². The van der Waals surface area contributed by atoms with Gasteiger partial charge in [0.2, 0.25) is 0 Å². The van der Waals surface area contributed by atoms with Crippen molar-refractivity contribution < 1.29 is 4.74 Å². The highest BCUT2D eigenvalue weighted by Crippen LogP contribution is 2.28. The van der Waals surface area contributed by atoms with Crippen LogP contribution >= 0.6 is 23.8 Å². The lowest BCUT2D eigenvalue weighted by Gasteiger charge is -2.19. The summed E-state index contributed by atoms with van der Waals surface area (Å²) in [5, 5.41) is 7.16. The van der Waals surface area contributed by atoms with Gasteiger partial charge in [-0.05, 0) is 72.1 Å². The molecule has 6 heteroatoms. The quantitative estimate of drug-likeness (QED) is 0.238. The highest BCUT2D eigenvalue weighted by atomic mass is 35.5. The molecule has 0 spiro atoms. The molecule has 0 amide bonds. The molecule has 3 aromatic rings. The molecule has 0 radical (unpaired) electrons. The number of ether oxygens (including phenoxy) is 1. The second kappa shape index (κ2) is 9.94. The largest absolute Gasteiger partial charge is 0.457 e. The number of rotatable bonds is 5. The summed E-state index contributed by atoms with van der Waals surface area (Å²) < 4.78 is 5.98. The third-order valence-corrected chi connectivity index (χ3v) is 5.24. The minimum Gasteiger partial charge on any atom is -0.457 e. The Kier molecular flexibility index (Phi) is 7.31. The monoisotopic (exact) mass is 451 g/mol. The van der Waals surface area contributed by atoms with E-state index < -0.39 is 0 Å². The van der Waals surface area contributed by atoms with Gasteiger partial charge in [-0.1, -0.05) is 56.6 Å². The number of nitrogens with one attached hydrogen (secondary N) is 2.